The molecule has 0 unspecified atom stereocenters. The Bertz CT molecular complexity index is 756. The molecule has 1 saturated heterocycles. The van der Waals surface area contributed by atoms with Gasteiger partial charge >= 0.3 is 0 Å². The summed E-state index contributed by atoms with van der Waals surface area (Å²) in [5.41, 5.74) is 2.42. The molecule has 1 N–H and O–H groups in total. The number of nitrogens with zero attached hydrogens (tertiary/aromatic N) is 2. The minimum atomic E-state index is -0.482. The number of hydrogen-bond donors (Lipinski definition) is 1. The summed E-state index contributed by atoms with van der Waals surface area (Å²) in [6.45, 7) is 5.81. The number of nitrogens with one attached hydrogen (secondary N) is 1. The van der Waals surface area contributed by atoms with Crippen LogP contribution in [0.3, 0.4) is 0 Å². The summed E-state index contributed by atoms with van der Waals surface area (Å²) < 4.78 is 0. The summed E-state index contributed by atoms with van der Waals surface area (Å²) in [6.07, 6.45) is 1.08. The van der Waals surface area contributed by atoms with E-state index >= 15 is 0 Å². The first kappa shape index (κ1) is 20.1. The SMILES string of the molecule is C[C@H](NC(=O)CCc1ccccc1)C(=O)N1CCN(Cc2ccccc2)CC1. The first-order chi connectivity index (χ1) is 13.6. The fourth-order valence-corrected chi connectivity index (χ4v) is 3.52. The van der Waals surface area contributed by atoms with Gasteiger partial charge in [0.25, 0.3) is 0 Å². The summed E-state index contributed by atoms with van der Waals surface area (Å²) in [7, 11) is 0. The van der Waals surface area contributed by atoms with Crippen molar-refractivity contribution >= 4 is 11.8 Å². The molecule has 5 heteroatoms. The highest BCUT2D eigenvalue weighted by atomic mass is 16.2. The third-order valence-electron chi connectivity index (χ3n) is 5.16. The maximum atomic E-state index is 12.7. The molecule has 1 fully saturated rings. The second-order valence-electron chi connectivity index (χ2n) is 7.36. The lowest BCUT2D eigenvalue weighted by atomic mass is 10.1. The lowest BCUT2D eigenvalue weighted by Crippen LogP contribution is -2.53. The highest BCUT2D eigenvalue weighted by Crippen LogP contribution is 2.10. The van der Waals surface area contributed by atoms with Crippen LogP contribution in [0.2, 0.25) is 0 Å². The van der Waals surface area contributed by atoms with Gasteiger partial charge in [-0.25, -0.2) is 0 Å². The van der Waals surface area contributed by atoms with Crippen LogP contribution < -0.4 is 5.32 Å². The van der Waals surface area contributed by atoms with Gasteiger partial charge in [-0.05, 0) is 24.5 Å². The van der Waals surface area contributed by atoms with E-state index in [9.17, 15) is 9.59 Å². The van der Waals surface area contributed by atoms with Crippen LogP contribution in [0.5, 0.6) is 0 Å². The third kappa shape index (κ3) is 5.92. The van der Waals surface area contributed by atoms with Gasteiger partial charge in [0, 0.05) is 39.1 Å². The molecule has 2 aromatic carbocycles. The second-order valence-corrected chi connectivity index (χ2v) is 7.36. The molecule has 5 nitrogen and oxygen atoms in total. The summed E-state index contributed by atoms with van der Waals surface area (Å²) in [4.78, 5) is 29.1. The van der Waals surface area contributed by atoms with Crippen LogP contribution in [0.1, 0.15) is 24.5 Å². The van der Waals surface area contributed by atoms with E-state index in [0.29, 0.717) is 25.9 Å². The van der Waals surface area contributed by atoms with Crippen LogP contribution in [-0.2, 0) is 22.6 Å². The average molecular weight is 380 g/mol. The largest absolute Gasteiger partial charge is 0.345 e. The minimum absolute atomic E-state index is 0.00687. The summed E-state index contributed by atoms with van der Waals surface area (Å²) in [5, 5.41) is 2.85. The summed E-state index contributed by atoms with van der Waals surface area (Å²) in [6, 6.07) is 19.8. The quantitative estimate of drug-likeness (QED) is 0.804. The fourth-order valence-electron chi connectivity index (χ4n) is 3.52. The van der Waals surface area contributed by atoms with Gasteiger partial charge in [-0.15, -0.1) is 0 Å². The summed E-state index contributed by atoms with van der Waals surface area (Å²) in [5.74, 6) is -0.0696. The molecule has 0 aromatic heterocycles. The van der Waals surface area contributed by atoms with E-state index in [1.165, 1.54) is 5.56 Å². The maximum Gasteiger partial charge on any atom is 0.244 e. The Kier molecular flexibility index (Phi) is 7.20. The molecule has 0 saturated carbocycles. The molecule has 1 heterocycles. The van der Waals surface area contributed by atoms with E-state index in [1.54, 1.807) is 6.92 Å². The van der Waals surface area contributed by atoms with Crippen molar-refractivity contribution in [3.8, 4) is 0 Å². The molecular weight excluding hydrogens is 350 g/mol. The van der Waals surface area contributed by atoms with Crippen molar-refractivity contribution in [1.29, 1.82) is 0 Å². The van der Waals surface area contributed by atoms with Crippen LogP contribution in [-0.4, -0.2) is 53.8 Å². The van der Waals surface area contributed by atoms with Crippen LogP contribution in [0.15, 0.2) is 60.7 Å². The predicted octanol–water partition coefficient (Wildman–Crippen LogP) is 2.47. The Labute approximate surface area is 167 Å². The van der Waals surface area contributed by atoms with Gasteiger partial charge in [0.15, 0.2) is 0 Å². The highest BCUT2D eigenvalue weighted by molar-refractivity contribution is 5.87. The molecule has 3 rings (SSSR count). The van der Waals surface area contributed by atoms with Gasteiger partial charge in [-0.2, -0.15) is 0 Å². The van der Waals surface area contributed by atoms with Gasteiger partial charge in [0.1, 0.15) is 6.04 Å². The molecular formula is C23H29N3O2. The number of benzene rings is 2. The first-order valence-corrected chi connectivity index (χ1v) is 10.00. The zero-order chi connectivity index (χ0) is 19.8. The molecule has 1 aliphatic rings. The molecule has 1 aliphatic heterocycles. The highest BCUT2D eigenvalue weighted by Gasteiger charge is 2.25. The van der Waals surface area contributed by atoms with Crippen LogP contribution in [0.25, 0.3) is 0 Å². The number of aryl methyl sites for hydroxylation is 1. The van der Waals surface area contributed by atoms with E-state index < -0.39 is 6.04 Å². The van der Waals surface area contributed by atoms with Crippen LogP contribution in [0, 0.1) is 0 Å². The van der Waals surface area contributed by atoms with Crippen molar-refractivity contribution in [3.63, 3.8) is 0 Å². The fraction of sp³-hybridized carbons (Fsp3) is 0.391. The number of hydrogen-bond acceptors (Lipinski definition) is 3. The first-order valence-electron chi connectivity index (χ1n) is 10.00. The molecule has 0 radical (unpaired) electrons. The second kappa shape index (κ2) is 10.0. The smallest absolute Gasteiger partial charge is 0.244 e. The topological polar surface area (TPSA) is 52.7 Å². The number of carbonyl (C=O) groups is 2. The normalized spacial score (nSPS) is 15.8. The lowest BCUT2D eigenvalue weighted by Gasteiger charge is -2.36. The Hall–Kier alpha value is -2.66. The molecule has 1 atom stereocenters. The van der Waals surface area contributed by atoms with Crippen LogP contribution in [0.4, 0.5) is 0 Å². The van der Waals surface area contributed by atoms with Gasteiger partial charge in [-0.3, -0.25) is 14.5 Å². The van der Waals surface area contributed by atoms with Crippen LogP contribution >= 0.6 is 0 Å². The third-order valence-corrected chi connectivity index (χ3v) is 5.16. The van der Waals surface area contributed by atoms with Crippen molar-refractivity contribution in [1.82, 2.24) is 15.1 Å². The zero-order valence-electron chi connectivity index (χ0n) is 16.5. The van der Waals surface area contributed by atoms with E-state index in [2.05, 4.69) is 34.5 Å². The number of piperazine rings is 1. The van der Waals surface area contributed by atoms with Crippen molar-refractivity contribution in [3.05, 3.63) is 71.8 Å². The summed E-state index contributed by atoms with van der Waals surface area (Å²) >= 11 is 0. The Balaban J connectivity index is 1.39. The number of amides is 2. The van der Waals surface area contributed by atoms with Gasteiger partial charge < -0.3 is 10.2 Å². The van der Waals surface area contributed by atoms with Gasteiger partial charge in [0.05, 0.1) is 0 Å². The molecule has 28 heavy (non-hydrogen) atoms. The molecule has 0 aliphatic carbocycles. The van der Waals surface area contributed by atoms with Gasteiger partial charge in [0.2, 0.25) is 11.8 Å². The Morgan fingerprint density at radius 1 is 0.893 bits per heavy atom. The van der Waals surface area contributed by atoms with E-state index in [4.69, 9.17) is 0 Å². The predicted molar refractivity (Wildman–Crippen MR) is 111 cm³/mol. The van der Waals surface area contributed by atoms with Crippen molar-refractivity contribution in [2.75, 3.05) is 26.2 Å². The molecule has 2 amide bonds. The maximum absolute atomic E-state index is 12.7. The Morgan fingerprint density at radius 3 is 2.07 bits per heavy atom. The van der Waals surface area contributed by atoms with Crippen molar-refractivity contribution < 1.29 is 9.59 Å². The lowest BCUT2D eigenvalue weighted by molar-refractivity contribution is -0.137. The van der Waals surface area contributed by atoms with E-state index in [1.807, 2.05) is 41.3 Å². The number of carbonyl (C=O) groups excluding carboxylic acids is 2. The molecule has 2 aromatic rings. The van der Waals surface area contributed by atoms with Crippen molar-refractivity contribution in [2.45, 2.75) is 32.4 Å². The number of rotatable bonds is 7. The minimum Gasteiger partial charge on any atom is -0.345 e. The standard InChI is InChI=1S/C23H29N3O2/c1-19(24-22(27)13-12-20-8-4-2-5-9-20)23(28)26-16-14-25(15-17-26)18-21-10-6-3-7-11-21/h2-11,19H,12-18H2,1H3,(H,24,27)/t19-/m0/s1. The average Bonchev–Trinajstić information content (AvgIpc) is 2.74. The van der Waals surface area contributed by atoms with Crippen molar-refractivity contribution in [2.24, 2.45) is 0 Å². The molecule has 0 spiro atoms. The van der Waals surface area contributed by atoms with E-state index in [-0.39, 0.29) is 11.8 Å². The monoisotopic (exact) mass is 379 g/mol. The molecule has 148 valence electrons. The molecule has 0 bridgehead atoms. The Morgan fingerprint density at radius 2 is 1.46 bits per heavy atom. The van der Waals surface area contributed by atoms with E-state index in [0.717, 1.165) is 25.2 Å². The zero-order valence-corrected chi connectivity index (χ0v) is 16.5. The van der Waals surface area contributed by atoms with Gasteiger partial charge in [-0.1, -0.05) is 60.7 Å².